The highest BCUT2D eigenvalue weighted by Crippen LogP contribution is 2.08. The van der Waals surface area contributed by atoms with Crippen molar-refractivity contribution in [1.82, 2.24) is 9.80 Å². The third-order valence-corrected chi connectivity index (χ3v) is 3.30. The molecular formula is C11H25N3O. The largest absolute Gasteiger partial charge is 0.396 e. The van der Waals surface area contributed by atoms with Gasteiger partial charge < -0.3 is 15.7 Å². The van der Waals surface area contributed by atoms with E-state index < -0.39 is 0 Å². The van der Waals surface area contributed by atoms with Gasteiger partial charge in [0.05, 0.1) is 0 Å². The molecule has 3 N–H and O–H groups in total. The van der Waals surface area contributed by atoms with Gasteiger partial charge in [0.15, 0.2) is 0 Å². The van der Waals surface area contributed by atoms with E-state index in [4.69, 9.17) is 10.8 Å². The summed E-state index contributed by atoms with van der Waals surface area (Å²) < 4.78 is 0. The third kappa shape index (κ3) is 4.07. The summed E-state index contributed by atoms with van der Waals surface area (Å²) in [6, 6.07) is 0.560. The molecule has 1 aliphatic heterocycles. The van der Waals surface area contributed by atoms with Gasteiger partial charge in [-0.15, -0.1) is 0 Å². The summed E-state index contributed by atoms with van der Waals surface area (Å²) in [6.07, 6.45) is 2.04. The normalized spacial score (nSPS) is 21.8. The molecule has 0 radical (unpaired) electrons. The standard InChI is InChI=1S/C11H25N3O/c1-2-11(10-12)14-7-5-13(6-8-14)4-3-9-15/h11,15H,2-10,12H2,1H3. The molecule has 0 saturated carbocycles. The minimum Gasteiger partial charge on any atom is -0.396 e. The second-order valence-corrected chi connectivity index (χ2v) is 4.25. The Hall–Kier alpha value is -0.160. The number of nitrogens with zero attached hydrogens (tertiary/aromatic N) is 2. The summed E-state index contributed by atoms with van der Waals surface area (Å²) in [4.78, 5) is 4.92. The molecule has 0 spiro atoms. The van der Waals surface area contributed by atoms with Crippen LogP contribution in [0.3, 0.4) is 0 Å². The second-order valence-electron chi connectivity index (χ2n) is 4.25. The van der Waals surface area contributed by atoms with Gasteiger partial charge in [-0.2, -0.15) is 0 Å². The number of hydrogen-bond donors (Lipinski definition) is 2. The summed E-state index contributed by atoms with van der Waals surface area (Å²) in [6.45, 7) is 8.81. The smallest absolute Gasteiger partial charge is 0.0443 e. The van der Waals surface area contributed by atoms with Gasteiger partial charge in [0.25, 0.3) is 0 Å². The minimum atomic E-state index is 0.306. The fourth-order valence-electron chi connectivity index (χ4n) is 2.22. The van der Waals surface area contributed by atoms with Crippen LogP contribution in [0.5, 0.6) is 0 Å². The second kappa shape index (κ2) is 7.17. The first kappa shape index (κ1) is 12.9. The van der Waals surface area contributed by atoms with Gasteiger partial charge >= 0.3 is 0 Å². The van der Waals surface area contributed by atoms with Gasteiger partial charge in [-0.1, -0.05) is 6.92 Å². The molecule has 15 heavy (non-hydrogen) atoms. The fraction of sp³-hybridized carbons (Fsp3) is 1.00. The van der Waals surface area contributed by atoms with Crippen LogP contribution in [0.15, 0.2) is 0 Å². The van der Waals surface area contributed by atoms with Gasteiger partial charge in [0, 0.05) is 51.9 Å². The average Bonchev–Trinajstić information content (AvgIpc) is 2.29. The molecule has 0 aromatic rings. The average molecular weight is 215 g/mol. The van der Waals surface area contributed by atoms with Crippen LogP contribution in [-0.4, -0.2) is 66.8 Å². The van der Waals surface area contributed by atoms with Crippen LogP contribution >= 0.6 is 0 Å². The van der Waals surface area contributed by atoms with Gasteiger partial charge in [-0.25, -0.2) is 0 Å². The molecule has 4 nitrogen and oxygen atoms in total. The molecule has 0 aromatic heterocycles. The van der Waals surface area contributed by atoms with Crippen molar-refractivity contribution in [2.45, 2.75) is 25.8 Å². The molecule has 1 unspecified atom stereocenters. The maximum Gasteiger partial charge on any atom is 0.0443 e. The maximum absolute atomic E-state index is 8.76. The molecule has 1 atom stereocenters. The quantitative estimate of drug-likeness (QED) is 0.640. The lowest BCUT2D eigenvalue weighted by Crippen LogP contribution is -2.52. The topological polar surface area (TPSA) is 52.7 Å². The Kier molecular flexibility index (Phi) is 6.17. The van der Waals surface area contributed by atoms with Crippen LogP contribution in [0.4, 0.5) is 0 Å². The number of rotatable bonds is 6. The van der Waals surface area contributed by atoms with Crippen LogP contribution < -0.4 is 5.73 Å². The maximum atomic E-state index is 8.76. The summed E-state index contributed by atoms with van der Waals surface area (Å²) in [7, 11) is 0. The van der Waals surface area contributed by atoms with Crippen LogP contribution in [-0.2, 0) is 0 Å². The van der Waals surface area contributed by atoms with E-state index in [-0.39, 0.29) is 0 Å². The van der Waals surface area contributed by atoms with Gasteiger partial charge in [0.2, 0.25) is 0 Å². The zero-order chi connectivity index (χ0) is 11.1. The minimum absolute atomic E-state index is 0.306. The molecule has 4 heteroatoms. The number of aliphatic hydroxyl groups is 1. The Morgan fingerprint density at radius 2 is 1.93 bits per heavy atom. The van der Waals surface area contributed by atoms with Crippen molar-refractivity contribution in [3.8, 4) is 0 Å². The van der Waals surface area contributed by atoms with Crippen LogP contribution in [0.1, 0.15) is 19.8 Å². The highest BCUT2D eigenvalue weighted by Gasteiger charge is 2.21. The predicted octanol–water partition coefficient (Wildman–Crippen LogP) is -0.276. The first-order valence-corrected chi connectivity index (χ1v) is 6.09. The van der Waals surface area contributed by atoms with Crippen molar-refractivity contribution >= 4 is 0 Å². The van der Waals surface area contributed by atoms with E-state index in [2.05, 4.69) is 16.7 Å². The van der Waals surface area contributed by atoms with Crippen molar-refractivity contribution in [3.05, 3.63) is 0 Å². The van der Waals surface area contributed by atoms with Gasteiger partial charge in [-0.05, 0) is 12.8 Å². The number of aliphatic hydroxyl groups excluding tert-OH is 1. The molecule has 0 aromatic carbocycles. The zero-order valence-corrected chi connectivity index (χ0v) is 9.86. The van der Waals surface area contributed by atoms with Crippen molar-refractivity contribution in [3.63, 3.8) is 0 Å². The highest BCUT2D eigenvalue weighted by molar-refractivity contribution is 4.78. The molecule has 0 aliphatic carbocycles. The summed E-state index contributed by atoms with van der Waals surface area (Å²) in [5, 5.41) is 8.76. The van der Waals surface area contributed by atoms with E-state index in [1.54, 1.807) is 0 Å². The lowest BCUT2D eigenvalue weighted by molar-refractivity contribution is 0.0922. The first-order chi connectivity index (χ1) is 7.31. The predicted molar refractivity (Wildman–Crippen MR) is 62.8 cm³/mol. The Morgan fingerprint density at radius 3 is 2.40 bits per heavy atom. The molecule has 90 valence electrons. The first-order valence-electron chi connectivity index (χ1n) is 6.09. The van der Waals surface area contributed by atoms with Crippen LogP contribution in [0, 0.1) is 0 Å². The Morgan fingerprint density at radius 1 is 1.27 bits per heavy atom. The highest BCUT2D eigenvalue weighted by atomic mass is 16.3. The summed E-state index contributed by atoms with van der Waals surface area (Å²) >= 11 is 0. The Labute approximate surface area is 93.0 Å². The number of nitrogens with two attached hydrogens (primary N) is 1. The molecule has 1 fully saturated rings. The van der Waals surface area contributed by atoms with Crippen molar-refractivity contribution in [2.75, 3.05) is 45.9 Å². The molecule has 1 heterocycles. The van der Waals surface area contributed by atoms with E-state index in [1.807, 2.05) is 0 Å². The molecule has 1 aliphatic rings. The molecule has 1 saturated heterocycles. The van der Waals surface area contributed by atoms with E-state index in [0.29, 0.717) is 12.6 Å². The van der Waals surface area contributed by atoms with Crippen LogP contribution in [0.25, 0.3) is 0 Å². The van der Waals surface area contributed by atoms with E-state index in [1.165, 1.54) is 0 Å². The lowest BCUT2D eigenvalue weighted by atomic mass is 10.1. The van der Waals surface area contributed by atoms with E-state index in [9.17, 15) is 0 Å². The van der Waals surface area contributed by atoms with Crippen molar-refractivity contribution in [1.29, 1.82) is 0 Å². The number of hydrogen-bond acceptors (Lipinski definition) is 4. The van der Waals surface area contributed by atoms with Crippen LogP contribution in [0.2, 0.25) is 0 Å². The summed E-state index contributed by atoms with van der Waals surface area (Å²) in [5.74, 6) is 0. The zero-order valence-electron chi connectivity index (χ0n) is 9.86. The molecule has 1 rings (SSSR count). The van der Waals surface area contributed by atoms with Crippen molar-refractivity contribution < 1.29 is 5.11 Å². The van der Waals surface area contributed by atoms with Gasteiger partial charge in [-0.3, -0.25) is 4.90 Å². The Balaban J connectivity index is 2.22. The molecule has 0 amide bonds. The lowest BCUT2D eigenvalue weighted by Gasteiger charge is -2.38. The van der Waals surface area contributed by atoms with Gasteiger partial charge in [0.1, 0.15) is 0 Å². The Bertz CT molecular complexity index is 154. The van der Waals surface area contributed by atoms with E-state index >= 15 is 0 Å². The monoisotopic (exact) mass is 215 g/mol. The van der Waals surface area contributed by atoms with E-state index in [0.717, 1.165) is 52.1 Å². The SMILES string of the molecule is CCC(CN)N1CCN(CCCO)CC1. The third-order valence-electron chi connectivity index (χ3n) is 3.30. The summed E-state index contributed by atoms with van der Waals surface area (Å²) in [5.41, 5.74) is 5.74. The molecule has 0 bridgehead atoms. The molecular weight excluding hydrogens is 190 g/mol. The number of piperazine rings is 1. The fourth-order valence-corrected chi connectivity index (χ4v) is 2.22. The van der Waals surface area contributed by atoms with Crippen molar-refractivity contribution in [2.24, 2.45) is 5.73 Å².